The quantitative estimate of drug-likeness (QED) is 0.866. The summed E-state index contributed by atoms with van der Waals surface area (Å²) in [4.78, 5) is 0. The second-order valence-electron chi connectivity index (χ2n) is 4.00. The Morgan fingerprint density at radius 3 is 2.93 bits per heavy atom. The van der Waals surface area contributed by atoms with E-state index < -0.39 is 0 Å². The number of hydrogen-bond donors (Lipinski definition) is 2. The number of aliphatic hydroxyl groups is 1. The van der Waals surface area contributed by atoms with Crippen molar-refractivity contribution in [1.29, 1.82) is 0 Å². The van der Waals surface area contributed by atoms with Crippen molar-refractivity contribution in [3.63, 3.8) is 0 Å². The van der Waals surface area contributed by atoms with Crippen LogP contribution in [-0.4, -0.2) is 11.7 Å². The SMILES string of the molecule is OCc1cc(Br)ccc1[C@@H]1CCCCN1. The Morgan fingerprint density at radius 2 is 2.27 bits per heavy atom. The Balaban J connectivity index is 2.25. The van der Waals surface area contributed by atoms with E-state index in [0.717, 1.165) is 16.6 Å². The van der Waals surface area contributed by atoms with Gasteiger partial charge in [-0.1, -0.05) is 28.4 Å². The molecule has 1 aromatic carbocycles. The van der Waals surface area contributed by atoms with Crippen molar-refractivity contribution < 1.29 is 5.11 Å². The van der Waals surface area contributed by atoms with Crippen LogP contribution < -0.4 is 5.32 Å². The molecule has 1 aliphatic rings. The molecular weight excluding hydrogens is 254 g/mol. The number of rotatable bonds is 2. The van der Waals surface area contributed by atoms with Gasteiger partial charge >= 0.3 is 0 Å². The van der Waals surface area contributed by atoms with Crippen LogP contribution >= 0.6 is 15.9 Å². The summed E-state index contributed by atoms with van der Waals surface area (Å²) in [6.45, 7) is 1.21. The lowest BCUT2D eigenvalue weighted by Gasteiger charge is -2.25. The fourth-order valence-corrected chi connectivity index (χ4v) is 2.58. The molecule has 1 aromatic rings. The Labute approximate surface area is 98.8 Å². The van der Waals surface area contributed by atoms with Crippen molar-refractivity contribution in [2.45, 2.75) is 31.9 Å². The van der Waals surface area contributed by atoms with Crippen LogP contribution in [0.5, 0.6) is 0 Å². The maximum absolute atomic E-state index is 9.32. The van der Waals surface area contributed by atoms with Gasteiger partial charge in [0.15, 0.2) is 0 Å². The lowest BCUT2D eigenvalue weighted by molar-refractivity contribution is 0.277. The zero-order valence-electron chi connectivity index (χ0n) is 8.67. The van der Waals surface area contributed by atoms with Gasteiger partial charge in [-0.2, -0.15) is 0 Å². The summed E-state index contributed by atoms with van der Waals surface area (Å²) in [5.41, 5.74) is 2.28. The predicted molar refractivity (Wildman–Crippen MR) is 64.7 cm³/mol. The highest BCUT2D eigenvalue weighted by Crippen LogP contribution is 2.27. The summed E-state index contributed by atoms with van der Waals surface area (Å²) in [7, 11) is 0. The molecule has 0 radical (unpaired) electrons. The Hall–Kier alpha value is -0.380. The molecule has 2 N–H and O–H groups in total. The van der Waals surface area contributed by atoms with E-state index in [2.05, 4.69) is 27.3 Å². The Morgan fingerprint density at radius 1 is 1.40 bits per heavy atom. The van der Waals surface area contributed by atoms with E-state index in [1.165, 1.54) is 24.8 Å². The predicted octanol–water partition coefficient (Wildman–Crippen LogP) is 2.76. The van der Waals surface area contributed by atoms with E-state index in [9.17, 15) is 5.11 Å². The summed E-state index contributed by atoms with van der Waals surface area (Å²) in [6, 6.07) is 6.59. The topological polar surface area (TPSA) is 32.3 Å². The fraction of sp³-hybridized carbons (Fsp3) is 0.500. The van der Waals surface area contributed by atoms with E-state index in [1.54, 1.807) is 0 Å². The van der Waals surface area contributed by atoms with Crippen LogP contribution in [0.2, 0.25) is 0 Å². The highest BCUT2D eigenvalue weighted by Gasteiger charge is 2.17. The molecule has 2 nitrogen and oxygen atoms in total. The van der Waals surface area contributed by atoms with Crippen molar-refractivity contribution in [2.24, 2.45) is 0 Å². The lowest BCUT2D eigenvalue weighted by Crippen LogP contribution is -2.27. The molecule has 0 aliphatic carbocycles. The minimum Gasteiger partial charge on any atom is -0.392 e. The van der Waals surface area contributed by atoms with Crippen LogP contribution in [0.25, 0.3) is 0 Å². The molecule has 0 saturated carbocycles. The van der Waals surface area contributed by atoms with E-state index in [4.69, 9.17) is 0 Å². The number of piperidine rings is 1. The minimum atomic E-state index is 0.118. The smallest absolute Gasteiger partial charge is 0.0685 e. The van der Waals surface area contributed by atoms with E-state index in [0.29, 0.717) is 6.04 Å². The van der Waals surface area contributed by atoms with Gasteiger partial charge in [-0.25, -0.2) is 0 Å². The maximum Gasteiger partial charge on any atom is 0.0685 e. The monoisotopic (exact) mass is 269 g/mol. The van der Waals surface area contributed by atoms with Gasteiger partial charge in [-0.15, -0.1) is 0 Å². The van der Waals surface area contributed by atoms with Crippen LogP contribution in [0, 0.1) is 0 Å². The highest BCUT2D eigenvalue weighted by molar-refractivity contribution is 9.10. The van der Waals surface area contributed by atoms with Gasteiger partial charge in [0, 0.05) is 10.5 Å². The Kier molecular flexibility index (Phi) is 3.78. The Bertz CT molecular complexity index is 334. The van der Waals surface area contributed by atoms with Gasteiger partial charge in [-0.3, -0.25) is 0 Å². The third-order valence-corrected chi connectivity index (χ3v) is 3.45. The molecule has 1 atom stereocenters. The molecule has 1 heterocycles. The first-order chi connectivity index (χ1) is 7.31. The molecular formula is C12H16BrNO. The summed E-state index contributed by atoms with van der Waals surface area (Å²) in [6.07, 6.45) is 3.72. The van der Waals surface area contributed by atoms with Gasteiger partial charge in [0.1, 0.15) is 0 Å². The van der Waals surface area contributed by atoms with Gasteiger partial charge in [0.2, 0.25) is 0 Å². The van der Waals surface area contributed by atoms with Crippen LogP contribution in [0.4, 0.5) is 0 Å². The summed E-state index contributed by atoms with van der Waals surface area (Å²) < 4.78 is 1.03. The molecule has 82 valence electrons. The molecule has 1 aliphatic heterocycles. The average Bonchev–Trinajstić information content (AvgIpc) is 2.30. The molecule has 0 amide bonds. The summed E-state index contributed by atoms with van der Waals surface area (Å²) in [5.74, 6) is 0. The molecule has 1 saturated heterocycles. The molecule has 0 bridgehead atoms. The van der Waals surface area contributed by atoms with Crippen molar-refractivity contribution in [3.05, 3.63) is 33.8 Å². The van der Waals surface area contributed by atoms with Gasteiger partial charge < -0.3 is 10.4 Å². The molecule has 1 fully saturated rings. The van der Waals surface area contributed by atoms with Crippen molar-refractivity contribution in [3.8, 4) is 0 Å². The van der Waals surface area contributed by atoms with E-state index in [-0.39, 0.29) is 6.61 Å². The summed E-state index contributed by atoms with van der Waals surface area (Å²) >= 11 is 3.43. The number of aliphatic hydroxyl groups excluding tert-OH is 1. The third kappa shape index (κ3) is 2.60. The largest absolute Gasteiger partial charge is 0.392 e. The van der Waals surface area contributed by atoms with Crippen LogP contribution in [0.15, 0.2) is 22.7 Å². The second-order valence-corrected chi connectivity index (χ2v) is 4.92. The maximum atomic E-state index is 9.32. The first-order valence-corrected chi connectivity index (χ1v) is 6.23. The molecule has 0 aromatic heterocycles. The number of halogens is 1. The first-order valence-electron chi connectivity index (χ1n) is 5.44. The molecule has 3 heteroatoms. The normalized spacial score (nSPS) is 21.6. The van der Waals surface area contributed by atoms with Crippen LogP contribution in [0.3, 0.4) is 0 Å². The van der Waals surface area contributed by atoms with Gasteiger partial charge in [0.25, 0.3) is 0 Å². The number of hydrogen-bond acceptors (Lipinski definition) is 2. The van der Waals surface area contributed by atoms with Gasteiger partial charge in [-0.05, 0) is 42.6 Å². The fourth-order valence-electron chi connectivity index (χ4n) is 2.17. The molecule has 15 heavy (non-hydrogen) atoms. The number of benzene rings is 1. The molecule has 0 spiro atoms. The minimum absolute atomic E-state index is 0.118. The zero-order chi connectivity index (χ0) is 10.7. The van der Waals surface area contributed by atoms with Crippen molar-refractivity contribution in [2.75, 3.05) is 6.54 Å². The van der Waals surface area contributed by atoms with Crippen molar-refractivity contribution >= 4 is 15.9 Å². The number of nitrogens with one attached hydrogen (secondary N) is 1. The molecule has 2 rings (SSSR count). The third-order valence-electron chi connectivity index (χ3n) is 2.96. The second kappa shape index (κ2) is 5.10. The van der Waals surface area contributed by atoms with E-state index in [1.807, 2.05) is 12.1 Å². The van der Waals surface area contributed by atoms with Crippen molar-refractivity contribution in [1.82, 2.24) is 5.32 Å². The first kappa shape index (κ1) is 11.1. The highest BCUT2D eigenvalue weighted by atomic mass is 79.9. The standard InChI is InChI=1S/C12H16BrNO/c13-10-4-5-11(9(7-10)8-15)12-3-1-2-6-14-12/h4-5,7,12,14-15H,1-3,6,8H2/t12-/m0/s1. The summed E-state index contributed by atoms with van der Waals surface area (Å²) in [5, 5.41) is 12.8. The van der Waals surface area contributed by atoms with Crippen LogP contribution in [-0.2, 0) is 6.61 Å². The van der Waals surface area contributed by atoms with Gasteiger partial charge in [0.05, 0.1) is 6.61 Å². The van der Waals surface area contributed by atoms with E-state index >= 15 is 0 Å². The van der Waals surface area contributed by atoms with Crippen LogP contribution in [0.1, 0.15) is 36.4 Å². The lowest BCUT2D eigenvalue weighted by atomic mass is 9.94. The molecule has 0 unspecified atom stereocenters. The average molecular weight is 270 g/mol. The zero-order valence-corrected chi connectivity index (χ0v) is 10.3.